The van der Waals surface area contributed by atoms with Gasteiger partial charge in [0.15, 0.2) is 0 Å². The van der Waals surface area contributed by atoms with Crippen molar-refractivity contribution in [2.45, 2.75) is 95.9 Å². The summed E-state index contributed by atoms with van der Waals surface area (Å²) in [6.45, 7) is 6.37. The molecule has 0 aliphatic carbocycles. The predicted octanol–water partition coefficient (Wildman–Crippen LogP) is 3.34. The molecule has 0 fully saturated rings. The molecule has 0 bridgehead atoms. The van der Waals surface area contributed by atoms with Crippen LogP contribution >= 0.6 is 43.6 Å². The van der Waals surface area contributed by atoms with Crippen molar-refractivity contribution in [3.05, 3.63) is 70.1 Å². The first-order valence-electron chi connectivity index (χ1n) is 21.9. The van der Waals surface area contributed by atoms with Crippen LogP contribution in [0.5, 0.6) is 0 Å². The van der Waals surface area contributed by atoms with Crippen LogP contribution in [-0.4, -0.2) is 125 Å². The molecule has 1 aliphatic rings. The number of nitrogens with zero attached hydrogens (tertiary/aromatic N) is 7. The summed E-state index contributed by atoms with van der Waals surface area (Å²) >= 11 is -4.21. The first kappa shape index (κ1) is 71.6. The number of nitrogens with two attached hydrogens (primary N) is 3. The summed E-state index contributed by atoms with van der Waals surface area (Å²) in [5.74, 6) is 2.35. The van der Waals surface area contributed by atoms with Crippen molar-refractivity contribution in [2.24, 2.45) is 22.3 Å². The van der Waals surface area contributed by atoms with E-state index in [1.807, 2.05) is 29.4 Å². The van der Waals surface area contributed by atoms with E-state index in [1.54, 1.807) is 20.4 Å². The summed E-state index contributed by atoms with van der Waals surface area (Å²) in [6, 6.07) is 8.70. The number of aryl methyl sites for hydroxylation is 1. The van der Waals surface area contributed by atoms with Gasteiger partial charge >= 0.3 is 194 Å². The number of amides is 2. The average molecular weight is 1380 g/mol. The zero-order chi connectivity index (χ0) is 50.5. The number of carbonyl (C=O) groups is 4. The predicted molar refractivity (Wildman–Crippen MR) is 274 cm³/mol. The van der Waals surface area contributed by atoms with Crippen LogP contribution in [0.2, 0.25) is 0 Å². The number of hydrazine groups is 2. The van der Waals surface area contributed by atoms with Crippen molar-refractivity contribution in [2.75, 3.05) is 73.5 Å². The quantitative estimate of drug-likeness (QED) is 0.00773. The molecule has 1 aromatic heterocycles. The number of rotatable bonds is 34. The van der Waals surface area contributed by atoms with Gasteiger partial charge in [0.1, 0.15) is 0 Å². The second-order valence-corrected chi connectivity index (χ2v) is 17.5. The third-order valence-corrected chi connectivity index (χ3v) is 11.4. The summed E-state index contributed by atoms with van der Waals surface area (Å²) in [5, 5.41) is 18.4. The van der Waals surface area contributed by atoms with Crippen molar-refractivity contribution < 1.29 is 88.6 Å². The van der Waals surface area contributed by atoms with Gasteiger partial charge in [0.05, 0.1) is 45.2 Å². The van der Waals surface area contributed by atoms with Crippen LogP contribution < -0.4 is 38.8 Å². The Kier molecular flexibility index (Phi) is 52.4. The van der Waals surface area contributed by atoms with Crippen LogP contribution in [0.25, 0.3) is 10.4 Å². The van der Waals surface area contributed by atoms with Crippen LogP contribution in [0.15, 0.2) is 53.5 Å². The molecule has 2 radical (unpaired) electrons. The van der Waals surface area contributed by atoms with Crippen molar-refractivity contribution in [3.63, 3.8) is 0 Å². The number of terminal acetylenes is 1. The number of azide groups is 1. The topological polar surface area (TPSA) is 314 Å². The third-order valence-electron chi connectivity index (χ3n) is 8.81. The van der Waals surface area contributed by atoms with E-state index in [0.29, 0.717) is 84.2 Å². The molecule has 1 aliphatic heterocycles. The third kappa shape index (κ3) is 41.9. The van der Waals surface area contributed by atoms with Gasteiger partial charge in [-0.15, -0.1) is 12.0 Å². The first-order chi connectivity index (χ1) is 33.0. The van der Waals surface area contributed by atoms with E-state index in [2.05, 4.69) is 60.0 Å². The van der Waals surface area contributed by atoms with Crippen LogP contribution in [0.1, 0.15) is 75.5 Å². The fourth-order valence-corrected chi connectivity index (χ4v) is 6.42. The number of halogens is 4. The van der Waals surface area contributed by atoms with Crippen LogP contribution in [0.4, 0.5) is 5.72 Å². The van der Waals surface area contributed by atoms with Crippen LogP contribution in [0.3, 0.4) is 0 Å². The summed E-state index contributed by atoms with van der Waals surface area (Å²) in [5.41, 5.74) is 33.0. The molecule has 0 spiro atoms. The monoisotopic (exact) mass is 1380 g/mol. The summed E-state index contributed by atoms with van der Waals surface area (Å²) in [6.07, 6.45) is 15.7. The largest absolute Gasteiger partial charge is 0 e. The molecule has 3 rings (SSSR count). The Morgan fingerprint density at radius 3 is 1.96 bits per heavy atom. The molecule has 22 nitrogen and oxygen atoms in total. The van der Waals surface area contributed by atoms with Gasteiger partial charge in [0, 0.05) is 91.4 Å². The van der Waals surface area contributed by atoms with Crippen molar-refractivity contribution in [1.82, 2.24) is 41.6 Å². The smallest absolute Gasteiger partial charge is 0 e. The standard InChI is InChI=1S/C16H29FIN5O4.C12H21NO3.C10H14N4.C4H8FIN4O.2Nb/c1-26-9-10-27-8-4-2-3-5-15(24)20-11-13-12-23(22-21-13)7-6-14(19)16(25)18-17;1-3-8-13-12(14)7-5-4-6-9-16-11-10-15-2;11-6-10-8-14(13-12-10)7-9-4-2-1-3-5-9;5-6-4(11)3(7)1-2-9-10-8;;/h12,14,18H,2-11,19H2,1H3,(H,20,24);1H,4-11H2,2H3,(H,13,14);1-5,8,12-13H,6-7,11H2;3,6H,1-2,7H2;;. The van der Waals surface area contributed by atoms with E-state index >= 15 is 0 Å². The Hall–Kier alpha value is -2.67. The first-order valence-corrected chi connectivity index (χ1v) is 26.0. The maximum absolute atomic E-state index is 12.4. The average Bonchev–Trinajstić information content (AvgIpc) is 4.03. The molecule has 0 saturated carbocycles. The molecular formula is C42H72F2I2N14Nb2O8. The maximum atomic E-state index is 12.4. The van der Waals surface area contributed by atoms with E-state index in [0.717, 1.165) is 57.4 Å². The number of hydrogen-bond donors (Lipinski definition) is 7. The molecule has 2 atom stereocenters. The number of methoxy groups -OCH3 is 2. The number of hydrogen-bond acceptors (Lipinski definition) is 17. The molecule has 70 heavy (non-hydrogen) atoms. The molecule has 1 aromatic carbocycles. The molecule has 28 heteroatoms. The second-order valence-electron chi connectivity index (χ2n) is 14.3. The van der Waals surface area contributed by atoms with E-state index in [1.165, 1.54) is 10.2 Å². The Morgan fingerprint density at radius 1 is 0.871 bits per heavy atom. The molecule has 10 N–H and O–H groups in total. The van der Waals surface area contributed by atoms with E-state index in [4.69, 9.17) is 48.1 Å². The van der Waals surface area contributed by atoms with Gasteiger partial charge in [-0.05, 0) is 24.8 Å². The van der Waals surface area contributed by atoms with Gasteiger partial charge in [-0.1, -0.05) is 49.1 Å². The molecular weight excluding hydrogens is 1310 g/mol. The minimum atomic E-state index is -2.13. The molecule has 2 unspecified atom stereocenters. The maximum Gasteiger partial charge on any atom is 0 e. The van der Waals surface area contributed by atoms with Gasteiger partial charge in [-0.2, -0.15) is 0 Å². The SMILES string of the molecule is C#CCNC(=O)CCCCCOCCOC.COCCOCCCCCC(=O)NCc1cn(CCC(N)C(=O)[IH]F)nn1.NCC1=CN(Cc2ccccc2)NN1.[N-]=[N+]=NCCC(N)C(=O)[IH]F.[Nb].[Nb]. The molecule has 2 heterocycles. The number of nitrogens with one attached hydrogen (secondary N) is 4. The Balaban J connectivity index is -0.000000900. The molecule has 0 saturated heterocycles. The zero-order valence-electron chi connectivity index (χ0n) is 39.9. The Labute approximate surface area is 463 Å². The molecule has 2 aromatic rings. The van der Waals surface area contributed by atoms with Crippen molar-refractivity contribution >= 4 is 63.0 Å². The summed E-state index contributed by atoms with van der Waals surface area (Å²) in [4.78, 5) is 47.1. The fraction of sp³-hybridized carbons (Fsp3) is 0.619. The summed E-state index contributed by atoms with van der Waals surface area (Å²) in [7, 11) is 3.29. The number of ether oxygens (including phenoxy) is 4. The van der Waals surface area contributed by atoms with E-state index < -0.39 is 63.2 Å². The Morgan fingerprint density at radius 2 is 1.44 bits per heavy atom. The number of aromatic nitrogens is 3. The van der Waals surface area contributed by atoms with Gasteiger partial charge < -0.3 is 35.4 Å². The number of unbranched alkanes of at least 4 members (excludes halogenated alkanes) is 4. The Bertz CT molecular complexity index is 1770. The minimum Gasteiger partial charge on any atom is 0 e. The van der Waals surface area contributed by atoms with Gasteiger partial charge in [0.2, 0.25) is 5.91 Å². The van der Waals surface area contributed by atoms with E-state index in [9.17, 15) is 24.9 Å². The van der Waals surface area contributed by atoms with Gasteiger partial charge in [0.25, 0.3) is 0 Å². The number of carbonyl (C=O) groups excluding carboxylic acids is 4. The van der Waals surface area contributed by atoms with E-state index in [-0.39, 0.29) is 69.5 Å². The summed E-state index contributed by atoms with van der Waals surface area (Å²) < 4.78 is 45.0. The van der Waals surface area contributed by atoms with Gasteiger partial charge in [-0.25, -0.2) is 0 Å². The second kappa shape index (κ2) is 51.2. The molecule has 396 valence electrons. The zero-order valence-corrected chi connectivity index (χ0v) is 49.0. The van der Waals surface area contributed by atoms with Crippen LogP contribution in [-0.2, 0) is 103 Å². The number of benzene rings is 1. The normalized spacial score (nSPS) is 11.9. The minimum absolute atomic E-state index is 0. The van der Waals surface area contributed by atoms with Gasteiger partial charge in [-0.3, -0.25) is 9.80 Å². The molecule has 2 amide bonds. The fourth-order valence-electron chi connectivity index (χ4n) is 5.09. The van der Waals surface area contributed by atoms with Crippen molar-refractivity contribution in [3.8, 4) is 12.3 Å². The van der Waals surface area contributed by atoms with Crippen molar-refractivity contribution in [1.29, 1.82) is 0 Å². The van der Waals surface area contributed by atoms with Crippen LogP contribution in [0, 0.1) is 12.3 Å².